The third-order valence-corrected chi connectivity index (χ3v) is 3.71. The molecule has 0 rings (SSSR count). The second-order valence-corrected chi connectivity index (χ2v) is 4.60. The van der Waals surface area contributed by atoms with E-state index in [4.69, 9.17) is 8.85 Å². The molecule has 0 aliphatic rings. The second kappa shape index (κ2) is 5.85. The van der Waals surface area contributed by atoms with Crippen molar-refractivity contribution in [3.63, 3.8) is 0 Å². The van der Waals surface area contributed by atoms with Crippen LogP contribution in [0.3, 0.4) is 0 Å². The first-order valence-corrected chi connectivity index (χ1v) is 5.23. The predicted molar refractivity (Wildman–Crippen MR) is 44.5 cm³/mol. The van der Waals surface area contributed by atoms with Crippen molar-refractivity contribution < 1.29 is 8.85 Å². The molecule has 0 saturated carbocycles. The van der Waals surface area contributed by atoms with Crippen LogP contribution >= 0.6 is 0 Å². The molecule has 1 unspecified atom stereocenters. The molecule has 0 aromatic heterocycles. The summed E-state index contributed by atoms with van der Waals surface area (Å²) >= 11 is 0. The minimum Gasteiger partial charge on any atom is -0.400 e. The van der Waals surface area contributed by atoms with Gasteiger partial charge in [-0.15, -0.1) is 0 Å². The van der Waals surface area contributed by atoms with E-state index in [0.717, 1.165) is 6.04 Å². The van der Waals surface area contributed by atoms with E-state index in [0.29, 0.717) is 6.04 Å². The van der Waals surface area contributed by atoms with Crippen molar-refractivity contribution in [1.29, 1.82) is 0 Å². The molecule has 0 aromatic carbocycles. The van der Waals surface area contributed by atoms with Crippen LogP contribution in [0.1, 0.15) is 6.92 Å². The maximum absolute atomic E-state index is 5.15. The molecule has 0 saturated heterocycles. The van der Waals surface area contributed by atoms with Gasteiger partial charge in [-0.25, -0.2) is 0 Å². The normalized spacial score (nSPS) is 14.1. The van der Waals surface area contributed by atoms with Gasteiger partial charge in [-0.3, -0.25) is 0 Å². The summed E-state index contributed by atoms with van der Waals surface area (Å²) in [6.07, 6.45) is 0. The van der Waals surface area contributed by atoms with Gasteiger partial charge < -0.3 is 14.2 Å². The molecule has 0 aromatic rings. The number of hydrogen-bond donors (Lipinski definition) is 1. The Labute approximate surface area is 64.6 Å². The van der Waals surface area contributed by atoms with Gasteiger partial charge in [0, 0.05) is 26.3 Å². The van der Waals surface area contributed by atoms with Crippen molar-refractivity contribution in [3.05, 3.63) is 0 Å². The van der Waals surface area contributed by atoms with Crippen LogP contribution in [-0.4, -0.2) is 36.6 Å². The van der Waals surface area contributed by atoms with E-state index < -0.39 is 9.28 Å². The van der Waals surface area contributed by atoms with Crippen LogP contribution in [0, 0.1) is 0 Å². The van der Waals surface area contributed by atoms with Crippen molar-refractivity contribution in [2.24, 2.45) is 0 Å². The summed E-state index contributed by atoms with van der Waals surface area (Å²) < 4.78 is 10.3. The average molecular weight is 163 g/mol. The lowest BCUT2D eigenvalue weighted by atomic mass is 10.4. The number of nitrogens with one attached hydrogen (secondary N) is 1. The van der Waals surface area contributed by atoms with Crippen molar-refractivity contribution >= 4 is 9.28 Å². The summed E-state index contributed by atoms with van der Waals surface area (Å²) in [5.74, 6) is 0. The molecule has 0 spiro atoms. The van der Waals surface area contributed by atoms with Gasteiger partial charge >= 0.3 is 9.28 Å². The Hall–Kier alpha value is 0.0969. The summed E-state index contributed by atoms with van der Waals surface area (Å²) in [5, 5.41) is 3.14. The molecule has 1 atom stereocenters. The zero-order valence-corrected chi connectivity index (χ0v) is 8.33. The average Bonchev–Trinajstić information content (AvgIpc) is 1.99. The van der Waals surface area contributed by atoms with Gasteiger partial charge in [-0.1, -0.05) is 0 Å². The van der Waals surface area contributed by atoms with E-state index in [1.807, 2.05) is 7.05 Å². The van der Waals surface area contributed by atoms with Gasteiger partial charge in [0.05, 0.1) is 0 Å². The van der Waals surface area contributed by atoms with Gasteiger partial charge in [0.1, 0.15) is 0 Å². The largest absolute Gasteiger partial charge is 0.400 e. The minimum absolute atomic E-state index is 0.497. The van der Waals surface area contributed by atoms with Crippen LogP contribution in [0.5, 0.6) is 0 Å². The second-order valence-electron chi connectivity index (χ2n) is 2.33. The highest BCUT2D eigenvalue weighted by molar-refractivity contribution is 6.44. The molecule has 0 radical (unpaired) electrons. The Morgan fingerprint density at radius 2 is 1.90 bits per heavy atom. The Kier molecular flexibility index (Phi) is 5.91. The van der Waals surface area contributed by atoms with Crippen LogP contribution < -0.4 is 5.32 Å². The Balaban J connectivity index is 3.41. The van der Waals surface area contributed by atoms with Crippen molar-refractivity contribution in [2.75, 3.05) is 21.3 Å². The molecule has 0 fully saturated rings. The maximum Gasteiger partial charge on any atom is 0.322 e. The SMILES string of the molecule is CNC(C)C[SiH](OC)OC. The van der Waals surface area contributed by atoms with Gasteiger partial charge in [0.15, 0.2) is 0 Å². The molecule has 1 N–H and O–H groups in total. The maximum atomic E-state index is 5.15. The van der Waals surface area contributed by atoms with Crippen LogP contribution in [0.4, 0.5) is 0 Å². The molecule has 0 bridgehead atoms. The summed E-state index contributed by atoms with van der Waals surface area (Å²) in [4.78, 5) is 0. The van der Waals surface area contributed by atoms with Crippen LogP contribution in [-0.2, 0) is 8.85 Å². The highest BCUT2D eigenvalue weighted by Gasteiger charge is 2.12. The zero-order valence-electron chi connectivity index (χ0n) is 7.18. The summed E-state index contributed by atoms with van der Waals surface area (Å²) in [5.41, 5.74) is 0. The van der Waals surface area contributed by atoms with Crippen molar-refractivity contribution in [2.45, 2.75) is 19.0 Å². The van der Waals surface area contributed by atoms with E-state index in [1.165, 1.54) is 0 Å². The van der Waals surface area contributed by atoms with E-state index in [1.54, 1.807) is 14.2 Å². The quantitative estimate of drug-likeness (QED) is 0.583. The minimum atomic E-state index is -1.33. The molecule has 0 aliphatic heterocycles. The van der Waals surface area contributed by atoms with E-state index in [9.17, 15) is 0 Å². The third-order valence-electron chi connectivity index (χ3n) is 1.56. The monoisotopic (exact) mass is 163 g/mol. The molecule has 0 aliphatic carbocycles. The molecule has 0 heterocycles. The smallest absolute Gasteiger partial charge is 0.322 e. The first-order valence-electron chi connectivity index (χ1n) is 3.47. The van der Waals surface area contributed by atoms with Crippen LogP contribution in [0.15, 0.2) is 0 Å². The number of rotatable bonds is 5. The van der Waals surface area contributed by atoms with Gasteiger partial charge in [-0.2, -0.15) is 0 Å². The summed E-state index contributed by atoms with van der Waals surface area (Å²) in [6, 6.07) is 1.51. The number of hydrogen-bond acceptors (Lipinski definition) is 3. The fourth-order valence-electron chi connectivity index (χ4n) is 0.695. The van der Waals surface area contributed by atoms with Gasteiger partial charge in [0.2, 0.25) is 0 Å². The van der Waals surface area contributed by atoms with Crippen molar-refractivity contribution in [3.8, 4) is 0 Å². The predicted octanol–water partition coefficient (Wildman–Crippen LogP) is 0.108. The Bertz CT molecular complexity index is 78.1. The fourth-order valence-corrected chi connectivity index (χ4v) is 2.09. The standard InChI is InChI=1S/C6H17NO2Si/c1-6(7-2)5-10(8-3)9-4/h6-7,10H,5H2,1-4H3. The van der Waals surface area contributed by atoms with Gasteiger partial charge in [0.25, 0.3) is 0 Å². The van der Waals surface area contributed by atoms with Gasteiger partial charge in [-0.05, 0) is 14.0 Å². The van der Waals surface area contributed by atoms with Crippen LogP contribution in [0.25, 0.3) is 0 Å². The molecule has 10 heavy (non-hydrogen) atoms. The molecule has 62 valence electrons. The Morgan fingerprint density at radius 3 is 2.20 bits per heavy atom. The first-order chi connectivity index (χ1) is 4.74. The highest BCUT2D eigenvalue weighted by Crippen LogP contribution is 1.98. The van der Waals surface area contributed by atoms with E-state index >= 15 is 0 Å². The zero-order chi connectivity index (χ0) is 7.98. The molecule has 3 nitrogen and oxygen atoms in total. The summed E-state index contributed by atoms with van der Waals surface area (Å²) in [6.45, 7) is 2.12. The lowest BCUT2D eigenvalue weighted by molar-refractivity contribution is 0.273. The fraction of sp³-hybridized carbons (Fsp3) is 1.00. The van der Waals surface area contributed by atoms with Crippen LogP contribution in [0.2, 0.25) is 6.04 Å². The molecular formula is C6H17NO2Si. The van der Waals surface area contributed by atoms with E-state index in [2.05, 4.69) is 12.2 Å². The lowest BCUT2D eigenvalue weighted by Crippen LogP contribution is -2.30. The third kappa shape index (κ3) is 4.00. The molecule has 0 amide bonds. The Morgan fingerprint density at radius 1 is 1.40 bits per heavy atom. The summed E-state index contributed by atoms with van der Waals surface area (Å²) in [7, 11) is 4.04. The highest BCUT2D eigenvalue weighted by atomic mass is 28.3. The van der Waals surface area contributed by atoms with Crippen molar-refractivity contribution in [1.82, 2.24) is 5.32 Å². The first kappa shape index (κ1) is 10.1. The molecular weight excluding hydrogens is 146 g/mol. The molecule has 4 heteroatoms. The van der Waals surface area contributed by atoms with E-state index in [-0.39, 0.29) is 0 Å². The lowest BCUT2D eigenvalue weighted by Gasteiger charge is -2.15. The topological polar surface area (TPSA) is 30.5 Å².